The maximum atomic E-state index is 11.6. The van der Waals surface area contributed by atoms with Gasteiger partial charge >= 0.3 is 0 Å². The highest BCUT2D eigenvalue weighted by Gasteiger charge is 2.13. The predicted octanol–water partition coefficient (Wildman–Crippen LogP) is 2.56. The second kappa shape index (κ2) is 4.10. The van der Waals surface area contributed by atoms with Gasteiger partial charge in [0.25, 0.3) is 0 Å². The molecule has 2 aromatic rings. The van der Waals surface area contributed by atoms with Crippen molar-refractivity contribution in [2.45, 2.75) is 4.90 Å². The second-order valence-corrected chi connectivity index (χ2v) is 5.54. The molecule has 81 valence electrons. The van der Waals surface area contributed by atoms with E-state index in [2.05, 4.69) is 6.07 Å². The quantitative estimate of drug-likeness (QED) is 0.796. The largest absolute Gasteiger partial charge is 0.224 e. The predicted molar refractivity (Wildman–Crippen MR) is 63.8 cm³/mol. The van der Waals surface area contributed by atoms with Crippen molar-refractivity contribution in [3.8, 4) is 11.1 Å². The maximum Gasteiger partial charge on any atom is 0.176 e. The molecule has 0 saturated heterocycles. The molecule has 0 amide bonds. The lowest BCUT2D eigenvalue weighted by atomic mass is 10.1. The molecule has 2 nitrogen and oxygen atoms in total. The molecule has 2 aromatic carbocycles. The van der Waals surface area contributed by atoms with Crippen molar-refractivity contribution in [3.05, 3.63) is 54.6 Å². The van der Waals surface area contributed by atoms with E-state index in [4.69, 9.17) is 0 Å². The summed E-state index contributed by atoms with van der Waals surface area (Å²) in [4.78, 5) is 0.321. The third kappa shape index (κ3) is 2.14. The Labute approximate surface area is 95.5 Å². The van der Waals surface area contributed by atoms with Crippen molar-refractivity contribution < 1.29 is 8.42 Å². The monoisotopic (exact) mass is 231 g/mol. The van der Waals surface area contributed by atoms with Crippen molar-refractivity contribution in [3.63, 3.8) is 0 Å². The number of hydrogen-bond donors (Lipinski definition) is 0. The maximum absolute atomic E-state index is 11.6. The van der Waals surface area contributed by atoms with Crippen LogP contribution >= 0.6 is 0 Å². The van der Waals surface area contributed by atoms with Crippen LogP contribution in [0.25, 0.3) is 11.1 Å². The van der Waals surface area contributed by atoms with Crippen molar-refractivity contribution in [2.75, 3.05) is 6.26 Å². The Balaban J connectivity index is 2.68. The third-order valence-corrected chi connectivity index (χ3v) is 3.45. The van der Waals surface area contributed by atoms with E-state index in [0.717, 1.165) is 11.1 Å². The summed E-state index contributed by atoms with van der Waals surface area (Å²) < 4.78 is 23.2. The summed E-state index contributed by atoms with van der Waals surface area (Å²) in [6, 6.07) is 17.3. The Morgan fingerprint density at radius 1 is 1.06 bits per heavy atom. The average molecular weight is 231 g/mol. The third-order valence-electron chi connectivity index (χ3n) is 2.31. The fraction of sp³-hybridized carbons (Fsp3) is 0.0769. The van der Waals surface area contributed by atoms with Crippen LogP contribution in [-0.2, 0) is 9.84 Å². The molecule has 0 heterocycles. The van der Waals surface area contributed by atoms with E-state index in [1.165, 1.54) is 12.3 Å². The molecule has 2 rings (SSSR count). The number of sulfone groups is 1. The molecular weight excluding hydrogens is 220 g/mol. The SMILES string of the molecule is CS(=O)(=O)c1c[c]ccc1-c1ccccc1. The van der Waals surface area contributed by atoms with Gasteiger partial charge in [-0.2, -0.15) is 0 Å². The smallest absolute Gasteiger partial charge is 0.176 e. The van der Waals surface area contributed by atoms with Crippen molar-refractivity contribution in [1.82, 2.24) is 0 Å². The average Bonchev–Trinajstić information content (AvgIpc) is 2.29. The molecular formula is C13H11O2S. The normalized spacial score (nSPS) is 11.3. The molecule has 0 fully saturated rings. The first-order valence-corrected chi connectivity index (χ1v) is 6.74. The molecule has 0 N–H and O–H groups in total. The lowest BCUT2D eigenvalue weighted by molar-refractivity contribution is 0.602. The zero-order valence-electron chi connectivity index (χ0n) is 8.84. The van der Waals surface area contributed by atoms with Crippen molar-refractivity contribution in [1.29, 1.82) is 0 Å². The molecule has 0 aliphatic rings. The highest BCUT2D eigenvalue weighted by atomic mass is 32.2. The Morgan fingerprint density at radius 2 is 1.75 bits per heavy atom. The van der Waals surface area contributed by atoms with Crippen LogP contribution in [0.5, 0.6) is 0 Å². The summed E-state index contributed by atoms with van der Waals surface area (Å²) >= 11 is 0. The Hall–Kier alpha value is -1.61. The number of hydrogen-bond acceptors (Lipinski definition) is 2. The zero-order valence-corrected chi connectivity index (χ0v) is 9.66. The molecule has 1 radical (unpaired) electrons. The highest BCUT2D eigenvalue weighted by molar-refractivity contribution is 7.90. The van der Waals surface area contributed by atoms with Gasteiger partial charge in [-0.15, -0.1) is 0 Å². The number of benzene rings is 2. The van der Waals surface area contributed by atoms with Gasteiger partial charge in [-0.1, -0.05) is 42.5 Å². The van der Waals surface area contributed by atoms with Gasteiger partial charge < -0.3 is 0 Å². The van der Waals surface area contributed by atoms with Gasteiger partial charge in [-0.3, -0.25) is 0 Å². The Bertz CT molecular complexity index is 586. The van der Waals surface area contributed by atoms with E-state index in [1.54, 1.807) is 12.1 Å². The summed E-state index contributed by atoms with van der Waals surface area (Å²) in [7, 11) is -3.21. The first kappa shape index (κ1) is 10.9. The van der Waals surface area contributed by atoms with Gasteiger partial charge in [0.15, 0.2) is 9.84 Å². The molecule has 0 aliphatic heterocycles. The molecule has 0 atom stereocenters. The number of rotatable bonds is 2. The molecule has 0 aliphatic carbocycles. The summed E-state index contributed by atoms with van der Waals surface area (Å²) in [6.07, 6.45) is 1.21. The minimum atomic E-state index is -3.21. The zero-order chi connectivity index (χ0) is 11.6. The molecule has 0 bridgehead atoms. The molecule has 3 heteroatoms. The Kier molecular flexibility index (Phi) is 2.79. The standard InChI is InChI=1S/C13H11O2S/c1-16(14,15)13-10-6-5-9-12(13)11-7-3-2-4-8-11/h2-5,7-10H,1H3. The first-order chi connectivity index (χ1) is 7.59. The fourth-order valence-electron chi connectivity index (χ4n) is 1.58. The van der Waals surface area contributed by atoms with Gasteiger partial charge in [0.1, 0.15) is 0 Å². The van der Waals surface area contributed by atoms with Crippen LogP contribution in [0.1, 0.15) is 0 Å². The van der Waals surface area contributed by atoms with Gasteiger partial charge in [-0.25, -0.2) is 8.42 Å². The molecule has 0 aromatic heterocycles. The van der Waals surface area contributed by atoms with Crippen LogP contribution in [0.3, 0.4) is 0 Å². The topological polar surface area (TPSA) is 34.1 Å². The molecule has 0 unspecified atom stereocenters. The van der Waals surface area contributed by atoms with E-state index in [0.29, 0.717) is 4.90 Å². The summed E-state index contributed by atoms with van der Waals surface area (Å²) in [5.41, 5.74) is 1.62. The van der Waals surface area contributed by atoms with Gasteiger partial charge in [0.2, 0.25) is 0 Å². The van der Waals surface area contributed by atoms with Crippen LogP contribution in [0.4, 0.5) is 0 Å². The molecule has 0 spiro atoms. The highest BCUT2D eigenvalue weighted by Crippen LogP contribution is 2.26. The van der Waals surface area contributed by atoms with Crippen LogP contribution in [-0.4, -0.2) is 14.7 Å². The van der Waals surface area contributed by atoms with Crippen molar-refractivity contribution >= 4 is 9.84 Å². The van der Waals surface area contributed by atoms with Gasteiger partial charge in [0, 0.05) is 11.8 Å². The first-order valence-electron chi connectivity index (χ1n) is 4.84. The van der Waals surface area contributed by atoms with Crippen molar-refractivity contribution in [2.24, 2.45) is 0 Å². The second-order valence-electron chi connectivity index (χ2n) is 3.56. The van der Waals surface area contributed by atoms with Crippen LogP contribution in [0.15, 0.2) is 53.4 Å². The summed E-state index contributed by atoms with van der Waals surface area (Å²) in [5, 5.41) is 0. The van der Waals surface area contributed by atoms with E-state index in [-0.39, 0.29) is 0 Å². The lowest BCUT2D eigenvalue weighted by Gasteiger charge is -2.07. The summed E-state index contributed by atoms with van der Waals surface area (Å²) in [5.74, 6) is 0. The van der Waals surface area contributed by atoms with E-state index < -0.39 is 9.84 Å². The molecule has 0 saturated carbocycles. The van der Waals surface area contributed by atoms with Gasteiger partial charge in [-0.05, 0) is 17.7 Å². The fourth-order valence-corrected chi connectivity index (χ4v) is 2.45. The van der Waals surface area contributed by atoms with E-state index in [1.807, 2.05) is 30.3 Å². The van der Waals surface area contributed by atoms with Crippen LogP contribution in [0.2, 0.25) is 0 Å². The molecule has 16 heavy (non-hydrogen) atoms. The van der Waals surface area contributed by atoms with E-state index in [9.17, 15) is 8.42 Å². The minimum Gasteiger partial charge on any atom is -0.224 e. The van der Waals surface area contributed by atoms with Crippen LogP contribution < -0.4 is 0 Å². The lowest BCUT2D eigenvalue weighted by Crippen LogP contribution is -1.99. The van der Waals surface area contributed by atoms with Gasteiger partial charge in [0.05, 0.1) is 4.90 Å². The minimum absolute atomic E-state index is 0.321. The van der Waals surface area contributed by atoms with E-state index >= 15 is 0 Å². The Morgan fingerprint density at radius 3 is 2.38 bits per heavy atom. The van der Waals surface area contributed by atoms with Crippen LogP contribution in [0, 0.1) is 6.07 Å². The summed E-state index contributed by atoms with van der Waals surface area (Å²) in [6.45, 7) is 0.